The highest BCUT2D eigenvalue weighted by Crippen LogP contribution is 2.20. The summed E-state index contributed by atoms with van der Waals surface area (Å²) in [6, 6.07) is 0. The first kappa shape index (κ1) is 16.4. The SMILES string of the molecule is SCCCCCCCCCOC1CCCCCC1. The third-order valence-electron chi connectivity index (χ3n) is 3.96. The Morgan fingerprint density at radius 1 is 0.722 bits per heavy atom. The van der Waals surface area contributed by atoms with Crippen LogP contribution in [0.25, 0.3) is 0 Å². The largest absolute Gasteiger partial charge is 0.378 e. The molecule has 18 heavy (non-hydrogen) atoms. The van der Waals surface area contributed by atoms with Crippen LogP contribution in [-0.4, -0.2) is 18.5 Å². The minimum atomic E-state index is 0.586. The van der Waals surface area contributed by atoms with Crippen molar-refractivity contribution in [2.24, 2.45) is 0 Å². The van der Waals surface area contributed by atoms with Crippen LogP contribution in [0.5, 0.6) is 0 Å². The molecule has 2 heteroatoms. The van der Waals surface area contributed by atoms with Crippen molar-refractivity contribution >= 4 is 12.6 Å². The van der Waals surface area contributed by atoms with E-state index in [0.29, 0.717) is 6.10 Å². The van der Waals surface area contributed by atoms with E-state index in [-0.39, 0.29) is 0 Å². The maximum atomic E-state index is 6.00. The maximum absolute atomic E-state index is 6.00. The summed E-state index contributed by atoms with van der Waals surface area (Å²) in [5.74, 6) is 1.05. The lowest BCUT2D eigenvalue weighted by atomic mass is 10.1. The molecule has 0 saturated heterocycles. The van der Waals surface area contributed by atoms with Crippen molar-refractivity contribution < 1.29 is 4.74 Å². The summed E-state index contributed by atoms with van der Waals surface area (Å²) in [4.78, 5) is 0. The molecule has 0 aromatic rings. The van der Waals surface area contributed by atoms with Crippen molar-refractivity contribution in [3.05, 3.63) is 0 Å². The predicted octanol–water partition coefficient (Wildman–Crippen LogP) is 5.39. The Bertz CT molecular complexity index is 164. The van der Waals surface area contributed by atoms with Gasteiger partial charge in [0, 0.05) is 6.61 Å². The monoisotopic (exact) mass is 272 g/mol. The van der Waals surface area contributed by atoms with Gasteiger partial charge in [0.05, 0.1) is 6.10 Å². The average Bonchev–Trinajstić information content (AvgIpc) is 2.65. The van der Waals surface area contributed by atoms with Crippen molar-refractivity contribution in [3.63, 3.8) is 0 Å². The van der Waals surface area contributed by atoms with Crippen molar-refractivity contribution in [1.29, 1.82) is 0 Å². The summed E-state index contributed by atoms with van der Waals surface area (Å²) >= 11 is 4.23. The lowest BCUT2D eigenvalue weighted by molar-refractivity contribution is 0.0407. The lowest BCUT2D eigenvalue weighted by Crippen LogP contribution is -2.12. The van der Waals surface area contributed by atoms with Crippen molar-refractivity contribution in [3.8, 4) is 0 Å². The molecule has 1 aliphatic rings. The number of ether oxygens (including phenoxy) is 1. The highest BCUT2D eigenvalue weighted by molar-refractivity contribution is 7.80. The van der Waals surface area contributed by atoms with Gasteiger partial charge in [-0.05, 0) is 31.4 Å². The zero-order valence-corrected chi connectivity index (χ0v) is 12.9. The minimum absolute atomic E-state index is 0.586. The second kappa shape index (κ2) is 12.3. The Labute approximate surface area is 119 Å². The third kappa shape index (κ3) is 9.27. The van der Waals surface area contributed by atoms with Gasteiger partial charge in [0.25, 0.3) is 0 Å². The maximum Gasteiger partial charge on any atom is 0.0575 e. The van der Waals surface area contributed by atoms with Crippen LogP contribution >= 0.6 is 12.6 Å². The summed E-state index contributed by atoms with van der Waals surface area (Å²) in [5, 5.41) is 0. The van der Waals surface area contributed by atoms with E-state index in [9.17, 15) is 0 Å². The van der Waals surface area contributed by atoms with Crippen molar-refractivity contribution in [2.45, 2.75) is 89.6 Å². The van der Waals surface area contributed by atoms with Gasteiger partial charge in [0.2, 0.25) is 0 Å². The first-order valence-corrected chi connectivity index (χ1v) is 8.79. The topological polar surface area (TPSA) is 9.23 Å². The van der Waals surface area contributed by atoms with Crippen molar-refractivity contribution in [1.82, 2.24) is 0 Å². The standard InChI is InChI=1S/C16H32OS/c18-15-11-7-3-1-2-6-10-14-17-16-12-8-4-5-9-13-16/h16,18H,1-15H2. The lowest BCUT2D eigenvalue weighted by Gasteiger charge is -2.15. The Morgan fingerprint density at radius 2 is 1.28 bits per heavy atom. The quantitative estimate of drug-likeness (QED) is 0.319. The average molecular weight is 272 g/mol. The summed E-state index contributed by atoms with van der Waals surface area (Å²) in [6.07, 6.45) is 18.3. The van der Waals surface area contributed by atoms with Gasteiger partial charge in [-0.1, -0.05) is 57.8 Å². The number of unbranched alkanes of at least 4 members (excludes halogenated alkanes) is 6. The highest BCUT2D eigenvalue weighted by atomic mass is 32.1. The second-order valence-corrected chi connectivity index (χ2v) is 6.13. The van der Waals surface area contributed by atoms with Gasteiger partial charge in [0.1, 0.15) is 0 Å². The van der Waals surface area contributed by atoms with Gasteiger partial charge in [-0.2, -0.15) is 12.6 Å². The van der Waals surface area contributed by atoms with E-state index in [1.807, 2.05) is 0 Å². The minimum Gasteiger partial charge on any atom is -0.378 e. The van der Waals surface area contributed by atoms with Gasteiger partial charge >= 0.3 is 0 Å². The zero-order chi connectivity index (χ0) is 12.9. The molecule has 0 heterocycles. The Hall–Kier alpha value is 0.310. The molecule has 0 amide bonds. The molecular formula is C16H32OS. The smallest absolute Gasteiger partial charge is 0.0575 e. The van der Waals surface area contributed by atoms with Crippen LogP contribution in [-0.2, 0) is 4.74 Å². The fourth-order valence-electron chi connectivity index (χ4n) is 2.76. The molecule has 0 aliphatic heterocycles. The molecule has 1 saturated carbocycles. The van der Waals surface area contributed by atoms with Gasteiger partial charge < -0.3 is 4.74 Å². The van der Waals surface area contributed by atoms with Crippen LogP contribution in [0.2, 0.25) is 0 Å². The van der Waals surface area contributed by atoms with Crippen LogP contribution < -0.4 is 0 Å². The van der Waals surface area contributed by atoms with Crippen LogP contribution in [0.3, 0.4) is 0 Å². The zero-order valence-electron chi connectivity index (χ0n) is 12.0. The van der Waals surface area contributed by atoms with E-state index >= 15 is 0 Å². The highest BCUT2D eigenvalue weighted by Gasteiger charge is 2.11. The number of hydrogen-bond donors (Lipinski definition) is 1. The molecule has 0 atom stereocenters. The molecule has 108 valence electrons. The molecule has 0 radical (unpaired) electrons. The molecule has 1 fully saturated rings. The van der Waals surface area contributed by atoms with E-state index in [2.05, 4.69) is 12.6 Å². The van der Waals surface area contributed by atoms with E-state index in [0.717, 1.165) is 12.4 Å². The summed E-state index contributed by atoms with van der Waals surface area (Å²) in [7, 11) is 0. The second-order valence-electron chi connectivity index (χ2n) is 5.68. The number of rotatable bonds is 10. The third-order valence-corrected chi connectivity index (χ3v) is 4.27. The molecule has 0 aromatic heterocycles. The molecule has 1 rings (SSSR count). The van der Waals surface area contributed by atoms with Crippen LogP contribution in [0.4, 0.5) is 0 Å². The van der Waals surface area contributed by atoms with Gasteiger partial charge in [-0.25, -0.2) is 0 Å². The summed E-state index contributed by atoms with van der Waals surface area (Å²) < 4.78 is 6.00. The van der Waals surface area contributed by atoms with E-state index in [1.165, 1.54) is 83.5 Å². The molecular weight excluding hydrogens is 240 g/mol. The molecule has 0 unspecified atom stereocenters. The molecule has 0 aromatic carbocycles. The molecule has 0 N–H and O–H groups in total. The molecule has 0 spiro atoms. The van der Waals surface area contributed by atoms with Gasteiger partial charge in [-0.3, -0.25) is 0 Å². The van der Waals surface area contributed by atoms with Gasteiger partial charge in [-0.15, -0.1) is 0 Å². The van der Waals surface area contributed by atoms with Crippen molar-refractivity contribution in [2.75, 3.05) is 12.4 Å². The van der Waals surface area contributed by atoms with Gasteiger partial charge in [0.15, 0.2) is 0 Å². The normalized spacial score (nSPS) is 17.8. The Morgan fingerprint density at radius 3 is 1.89 bits per heavy atom. The number of hydrogen-bond acceptors (Lipinski definition) is 2. The molecule has 0 bridgehead atoms. The first-order valence-electron chi connectivity index (χ1n) is 8.16. The van der Waals surface area contributed by atoms with E-state index in [4.69, 9.17) is 4.74 Å². The first-order chi connectivity index (χ1) is 8.93. The fourth-order valence-corrected chi connectivity index (χ4v) is 2.98. The van der Waals surface area contributed by atoms with Crippen LogP contribution in [0, 0.1) is 0 Å². The summed E-state index contributed by atoms with van der Waals surface area (Å²) in [5.41, 5.74) is 0. The number of thiol groups is 1. The Kier molecular flexibility index (Phi) is 11.2. The summed E-state index contributed by atoms with van der Waals surface area (Å²) in [6.45, 7) is 1.00. The van der Waals surface area contributed by atoms with Crippen LogP contribution in [0.15, 0.2) is 0 Å². The Balaban J connectivity index is 1.80. The van der Waals surface area contributed by atoms with Crippen LogP contribution in [0.1, 0.15) is 83.5 Å². The fraction of sp³-hybridized carbons (Fsp3) is 1.00. The molecule has 1 nitrogen and oxygen atoms in total. The van der Waals surface area contributed by atoms with E-state index in [1.54, 1.807) is 0 Å². The predicted molar refractivity (Wildman–Crippen MR) is 83.6 cm³/mol. The van der Waals surface area contributed by atoms with E-state index < -0.39 is 0 Å². The molecule has 1 aliphatic carbocycles.